The molecule has 17 heavy (non-hydrogen) atoms. The molecule has 0 fully saturated rings. The maximum Gasteiger partial charge on any atom is 0.416 e. The molecule has 1 aromatic carbocycles. The number of hydrogen-bond acceptors (Lipinski definition) is 3. The van der Waals surface area contributed by atoms with E-state index in [2.05, 4.69) is 4.99 Å². The van der Waals surface area contributed by atoms with E-state index >= 15 is 0 Å². The Hall–Kier alpha value is -1.43. The van der Waals surface area contributed by atoms with E-state index < -0.39 is 11.7 Å². The highest BCUT2D eigenvalue weighted by atomic mass is 35.5. The number of nitrogens with zero attached hydrogens (tertiary/aromatic N) is 1. The fourth-order valence-electron chi connectivity index (χ4n) is 1.45. The Morgan fingerprint density at radius 2 is 1.82 bits per heavy atom. The van der Waals surface area contributed by atoms with Crippen LogP contribution in [0.1, 0.15) is 17.2 Å². The molecule has 0 saturated carbocycles. The average molecular weight is 267 g/mol. The van der Waals surface area contributed by atoms with E-state index in [-0.39, 0.29) is 24.5 Å². The average Bonchev–Trinajstić information content (AvgIpc) is 2.64. The summed E-state index contributed by atoms with van der Waals surface area (Å²) in [5, 5.41) is 0. The van der Waals surface area contributed by atoms with Crippen LogP contribution in [0, 0.1) is 0 Å². The van der Waals surface area contributed by atoms with Crippen molar-refractivity contribution in [3.8, 4) is 0 Å². The normalized spacial score (nSPS) is 19.2. The van der Waals surface area contributed by atoms with Gasteiger partial charge in [-0.3, -0.25) is 0 Å². The maximum absolute atomic E-state index is 12.3. The monoisotopic (exact) mass is 266 g/mol. The van der Waals surface area contributed by atoms with Gasteiger partial charge in [0.25, 0.3) is 6.02 Å². The fourth-order valence-corrected chi connectivity index (χ4v) is 1.45. The first-order valence-electron chi connectivity index (χ1n) is 4.60. The van der Waals surface area contributed by atoms with Gasteiger partial charge in [0.15, 0.2) is 0 Å². The zero-order chi connectivity index (χ0) is 11.8. The minimum Gasteiger partial charge on any atom is -0.455 e. The molecule has 2 N–H and O–H groups in total. The Morgan fingerprint density at radius 3 is 2.24 bits per heavy atom. The molecule has 1 atom stereocenters. The summed E-state index contributed by atoms with van der Waals surface area (Å²) in [6, 6.07) is 4.87. The zero-order valence-corrected chi connectivity index (χ0v) is 9.39. The van der Waals surface area contributed by atoms with Gasteiger partial charge in [0.1, 0.15) is 6.10 Å². The van der Waals surface area contributed by atoms with Gasteiger partial charge in [0.05, 0.1) is 12.1 Å². The molecule has 2 rings (SSSR count). The van der Waals surface area contributed by atoms with Crippen molar-refractivity contribution in [2.75, 3.05) is 6.54 Å². The van der Waals surface area contributed by atoms with E-state index in [1.807, 2.05) is 0 Å². The molecule has 1 heterocycles. The minimum absolute atomic E-state index is 0. The molecule has 0 saturated heterocycles. The van der Waals surface area contributed by atoms with Gasteiger partial charge in [-0.05, 0) is 17.7 Å². The molecule has 3 nitrogen and oxygen atoms in total. The second-order valence-electron chi connectivity index (χ2n) is 3.41. The Balaban J connectivity index is 0.00000144. The lowest BCUT2D eigenvalue weighted by Gasteiger charge is -2.11. The van der Waals surface area contributed by atoms with Crippen LogP contribution in [0.25, 0.3) is 0 Å². The highest BCUT2D eigenvalue weighted by molar-refractivity contribution is 5.85. The fraction of sp³-hybridized carbons (Fsp3) is 0.300. The summed E-state index contributed by atoms with van der Waals surface area (Å²) in [6.07, 6.45) is -4.69. The van der Waals surface area contributed by atoms with Gasteiger partial charge >= 0.3 is 6.18 Å². The van der Waals surface area contributed by atoms with Crippen molar-refractivity contribution >= 4 is 18.4 Å². The molecular formula is C10H10ClF3N2O. The van der Waals surface area contributed by atoms with Crippen LogP contribution in [0.2, 0.25) is 0 Å². The van der Waals surface area contributed by atoms with Gasteiger partial charge in [-0.2, -0.15) is 13.2 Å². The number of alkyl halides is 3. The topological polar surface area (TPSA) is 47.6 Å². The number of aliphatic imine (C=N–C) groups is 1. The van der Waals surface area contributed by atoms with Crippen molar-refractivity contribution < 1.29 is 17.9 Å². The first kappa shape index (κ1) is 13.6. The van der Waals surface area contributed by atoms with Crippen LogP contribution in [0.5, 0.6) is 0 Å². The summed E-state index contributed by atoms with van der Waals surface area (Å²) in [4.78, 5) is 3.82. The van der Waals surface area contributed by atoms with Crippen molar-refractivity contribution in [3.05, 3.63) is 35.4 Å². The summed E-state index contributed by atoms with van der Waals surface area (Å²) in [7, 11) is 0. The third-order valence-corrected chi connectivity index (χ3v) is 2.29. The molecular weight excluding hydrogens is 257 g/mol. The van der Waals surface area contributed by atoms with Crippen LogP contribution in [0.3, 0.4) is 0 Å². The summed E-state index contributed by atoms with van der Waals surface area (Å²) in [5.41, 5.74) is 5.27. The minimum atomic E-state index is -4.31. The number of benzene rings is 1. The predicted molar refractivity (Wildman–Crippen MR) is 59.0 cm³/mol. The van der Waals surface area contributed by atoms with Gasteiger partial charge in [0.2, 0.25) is 0 Å². The maximum atomic E-state index is 12.3. The predicted octanol–water partition coefficient (Wildman–Crippen LogP) is 2.51. The molecule has 1 aliphatic rings. The van der Waals surface area contributed by atoms with Crippen LogP contribution in [0.15, 0.2) is 29.3 Å². The number of halogens is 4. The molecule has 0 amide bonds. The van der Waals surface area contributed by atoms with Crippen molar-refractivity contribution in [3.63, 3.8) is 0 Å². The molecule has 0 bridgehead atoms. The Kier molecular flexibility index (Phi) is 3.87. The van der Waals surface area contributed by atoms with Crippen LogP contribution >= 0.6 is 12.4 Å². The Morgan fingerprint density at radius 1 is 1.24 bits per heavy atom. The summed E-state index contributed by atoms with van der Waals surface area (Å²) in [5.74, 6) is 0. The quantitative estimate of drug-likeness (QED) is 0.849. The lowest BCUT2D eigenvalue weighted by molar-refractivity contribution is -0.137. The van der Waals surface area contributed by atoms with Crippen molar-refractivity contribution in [2.45, 2.75) is 12.3 Å². The van der Waals surface area contributed by atoms with Gasteiger partial charge in [-0.15, -0.1) is 12.4 Å². The molecule has 7 heteroatoms. The standard InChI is InChI=1S/C10H9F3N2O.ClH/c11-10(12,13)7-3-1-6(2-4-7)8-5-15-9(14)16-8;/h1-4,8H,5H2,(H2,14,15);1H/t8-;/m1./s1. The van der Waals surface area contributed by atoms with Gasteiger partial charge in [-0.1, -0.05) is 12.1 Å². The van der Waals surface area contributed by atoms with E-state index in [4.69, 9.17) is 10.5 Å². The lowest BCUT2D eigenvalue weighted by Crippen LogP contribution is -2.13. The van der Waals surface area contributed by atoms with Crippen LogP contribution in [-0.2, 0) is 10.9 Å². The van der Waals surface area contributed by atoms with Crippen molar-refractivity contribution in [1.82, 2.24) is 0 Å². The zero-order valence-electron chi connectivity index (χ0n) is 8.57. The summed E-state index contributed by atoms with van der Waals surface area (Å²) < 4.78 is 42.0. The number of ether oxygens (including phenoxy) is 1. The van der Waals surface area contributed by atoms with E-state index in [0.717, 1.165) is 12.1 Å². The summed E-state index contributed by atoms with van der Waals surface area (Å²) in [6.45, 7) is 0.344. The van der Waals surface area contributed by atoms with E-state index in [9.17, 15) is 13.2 Å². The lowest BCUT2D eigenvalue weighted by atomic mass is 10.1. The van der Waals surface area contributed by atoms with Crippen molar-refractivity contribution in [1.29, 1.82) is 0 Å². The van der Waals surface area contributed by atoms with Gasteiger partial charge in [0, 0.05) is 0 Å². The first-order chi connectivity index (χ1) is 7.47. The van der Waals surface area contributed by atoms with Gasteiger partial charge < -0.3 is 10.5 Å². The molecule has 0 unspecified atom stereocenters. The van der Waals surface area contributed by atoms with Gasteiger partial charge in [-0.25, -0.2) is 4.99 Å². The second-order valence-corrected chi connectivity index (χ2v) is 3.41. The second kappa shape index (κ2) is 4.83. The molecule has 94 valence electrons. The smallest absolute Gasteiger partial charge is 0.416 e. The number of rotatable bonds is 1. The number of hydrogen-bond donors (Lipinski definition) is 1. The SMILES string of the molecule is Cl.NC1=NC[C@H](c2ccc(C(F)(F)F)cc2)O1. The highest BCUT2D eigenvalue weighted by Crippen LogP contribution is 2.30. The van der Waals surface area contributed by atoms with Crippen LogP contribution in [-0.4, -0.2) is 12.6 Å². The third-order valence-electron chi connectivity index (χ3n) is 2.29. The first-order valence-corrected chi connectivity index (χ1v) is 4.60. The van der Waals surface area contributed by atoms with E-state index in [1.165, 1.54) is 12.1 Å². The van der Waals surface area contributed by atoms with E-state index in [0.29, 0.717) is 12.1 Å². The van der Waals surface area contributed by atoms with E-state index in [1.54, 1.807) is 0 Å². The summed E-state index contributed by atoms with van der Waals surface area (Å²) >= 11 is 0. The largest absolute Gasteiger partial charge is 0.455 e. The van der Waals surface area contributed by atoms with Crippen molar-refractivity contribution in [2.24, 2.45) is 10.7 Å². The molecule has 1 aliphatic heterocycles. The highest BCUT2D eigenvalue weighted by Gasteiger charge is 2.30. The molecule has 0 aromatic heterocycles. The Labute approximate surface area is 102 Å². The van der Waals surface area contributed by atoms with Crippen LogP contribution < -0.4 is 5.73 Å². The third kappa shape index (κ3) is 3.03. The number of amidine groups is 1. The molecule has 1 aromatic rings. The number of nitrogens with two attached hydrogens (primary N) is 1. The Bertz CT molecular complexity index is 417. The molecule has 0 aliphatic carbocycles. The molecule has 0 spiro atoms. The van der Waals surface area contributed by atoms with Crippen LogP contribution in [0.4, 0.5) is 13.2 Å². The molecule has 0 radical (unpaired) electrons.